The molecule has 0 saturated heterocycles. The number of nitrogens with zero attached hydrogens (tertiary/aromatic N) is 1. The molecule has 3 rings (SSSR count). The van der Waals surface area contributed by atoms with Crippen LogP contribution in [0.4, 0.5) is 0 Å². The summed E-state index contributed by atoms with van der Waals surface area (Å²) in [6.45, 7) is 1.88. The number of hydrogen-bond acceptors (Lipinski definition) is 4. The third kappa shape index (κ3) is 4.46. The predicted molar refractivity (Wildman–Crippen MR) is 98.2 cm³/mol. The zero-order chi connectivity index (χ0) is 17.6. The van der Waals surface area contributed by atoms with Crippen LogP contribution in [0.5, 0.6) is 11.5 Å². The summed E-state index contributed by atoms with van der Waals surface area (Å²) in [6, 6.07) is 4.56. The van der Waals surface area contributed by atoms with Crippen molar-refractivity contribution >= 4 is 5.91 Å². The van der Waals surface area contributed by atoms with Crippen LogP contribution in [0, 0.1) is 0 Å². The van der Waals surface area contributed by atoms with E-state index in [9.17, 15) is 4.79 Å². The van der Waals surface area contributed by atoms with Crippen LogP contribution in [0.3, 0.4) is 0 Å². The van der Waals surface area contributed by atoms with Crippen molar-refractivity contribution in [2.75, 3.05) is 27.3 Å². The zero-order valence-electron chi connectivity index (χ0n) is 15.5. The maximum absolute atomic E-state index is 12.6. The summed E-state index contributed by atoms with van der Waals surface area (Å²) in [5.74, 6) is 1.69. The highest BCUT2D eigenvalue weighted by molar-refractivity contribution is 5.78. The Kier molecular flexibility index (Phi) is 6.19. The maximum Gasteiger partial charge on any atom is 0.236 e. The van der Waals surface area contributed by atoms with Gasteiger partial charge in [0, 0.05) is 19.1 Å². The largest absolute Gasteiger partial charge is 0.493 e. The van der Waals surface area contributed by atoms with Crippen LogP contribution in [0.2, 0.25) is 0 Å². The van der Waals surface area contributed by atoms with Crippen molar-refractivity contribution in [2.24, 2.45) is 0 Å². The van der Waals surface area contributed by atoms with Crippen molar-refractivity contribution in [3.8, 4) is 11.5 Å². The SMILES string of the molecule is COc1cc2c(cc1OC)CN(C(=O)CNC1CCCCCC1)CC2. The molecule has 0 spiro atoms. The second kappa shape index (κ2) is 8.56. The van der Waals surface area contributed by atoms with E-state index in [0.717, 1.165) is 30.0 Å². The number of amides is 1. The average molecular weight is 346 g/mol. The molecule has 1 N–H and O–H groups in total. The van der Waals surface area contributed by atoms with Crippen molar-refractivity contribution in [3.63, 3.8) is 0 Å². The van der Waals surface area contributed by atoms with E-state index in [2.05, 4.69) is 5.32 Å². The molecule has 0 radical (unpaired) electrons. The summed E-state index contributed by atoms with van der Waals surface area (Å²) in [5, 5.41) is 3.49. The van der Waals surface area contributed by atoms with Gasteiger partial charge in [0.1, 0.15) is 0 Å². The molecule has 2 aliphatic rings. The molecular formula is C20H30N2O3. The van der Waals surface area contributed by atoms with Crippen molar-refractivity contribution < 1.29 is 14.3 Å². The lowest BCUT2D eigenvalue weighted by Crippen LogP contribution is -2.43. The van der Waals surface area contributed by atoms with E-state index < -0.39 is 0 Å². The zero-order valence-corrected chi connectivity index (χ0v) is 15.5. The van der Waals surface area contributed by atoms with Gasteiger partial charge < -0.3 is 19.7 Å². The van der Waals surface area contributed by atoms with E-state index in [1.807, 2.05) is 17.0 Å². The fourth-order valence-electron chi connectivity index (χ4n) is 3.92. The van der Waals surface area contributed by atoms with Crippen LogP contribution in [-0.4, -0.2) is 44.2 Å². The molecule has 1 aliphatic carbocycles. The Morgan fingerprint density at radius 1 is 1.08 bits per heavy atom. The normalized spacial score (nSPS) is 18.4. The number of carbonyl (C=O) groups excluding carboxylic acids is 1. The summed E-state index contributed by atoms with van der Waals surface area (Å²) in [5.41, 5.74) is 2.41. The van der Waals surface area contributed by atoms with E-state index in [-0.39, 0.29) is 5.91 Å². The Bertz CT molecular complexity index is 595. The van der Waals surface area contributed by atoms with Gasteiger partial charge in [-0.1, -0.05) is 25.7 Å². The van der Waals surface area contributed by atoms with E-state index >= 15 is 0 Å². The Morgan fingerprint density at radius 2 is 1.72 bits per heavy atom. The maximum atomic E-state index is 12.6. The minimum absolute atomic E-state index is 0.199. The third-order valence-electron chi connectivity index (χ3n) is 5.47. The first-order valence-corrected chi connectivity index (χ1v) is 9.46. The number of fused-ring (bicyclic) bond motifs is 1. The average Bonchev–Trinajstić information content (AvgIpc) is 2.93. The molecule has 5 nitrogen and oxygen atoms in total. The van der Waals surface area contributed by atoms with Crippen LogP contribution in [0.1, 0.15) is 49.7 Å². The standard InChI is InChI=1S/C20H30N2O3/c1-24-18-11-15-9-10-22(14-16(15)12-19(18)25-2)20(23)13-21-17-7-5-3-4-6-8-17/h11-12,17,21H,3-10,13-14H2,1-2H3. The molecule has 1 fully saturated rings. The van der Waals surface area contributed by atoms with Crippen LogP contribution in [0.15, 0.2) is 12.1 Å². The monoisotopic (exact) mass is 346 g/mol. The van der Waals surface area contributed by atoms with Crippen molar-refractivity contribution in [1.29, 1.82) is 0 Å². The third-order valence-corrected chi connectivity index (χ3v) is 5.47. The van der Waals surface area contributed by atoms with E-state index in [1.54, 1.807) is 14.2 Å². The summed E-state index contributed by atoms with van der Waals surface area (Å²) in [6.07, 6.45) is 8.50. The van der Waals surface area contributed by atoms with Gasteiger partial charge in [-0.25, -0.2) is 0 Å². The topological polar surface area (TPSA) is 50.8 Å². The molecule has 0 bridgehead atoms. The number of ether oxygens (including phenoxy) is 2. The first-order valence-electron chi connectivity index (χ1n) is 9.46. The fraction of sp³-hybridized carbons (Fsp3) is 0.650. The molecule has 1 aromatic carbocycles. The van der Waals surface area contributed by atoms with Gasteiger partial charge in [0.2, 0.25) is 5.91 Å². The molecule has 5 heteroatoms. The van der Waals surface area contributed by atoms with Gasteiger partial charge in [-0.15, -0.1) is 0 Å². The van der Waals surface area contributed by atoms with E-state index in [4.69, 9.17) is 9.47 Å². The fourth-order valence-corrected chi connectivity index (χ4v) is 3.92. The number of methoxy groups -OCH3 is 2. The summed E-state index contributed by atoms with van der Waals surface area (Å²) in [7, 11) is 3.30. The van der Waals surface area contributed by atoms with Gasteiger partial charge >= 0.3 is 0 Å². The lowest BCUT2D eigenvalue weighted by atomic mass is 9.98. The molecular weight excluding hydrogens is 316 g/mol. The molecule has 1 saturated carbocycles. The number of carbonyl (C=O) groups is 1. The van der Waals surface area contributed by atoms with Crippen LogP contribution in [-0.2, 0) is 17.8 Å². The van der Waals surface area contributed by atoms with Gasteiger partial charge in [0.25, 0.3) is 0 Å². The van der Waals surface area contributed by atoms with Crippen molar-refractivity contribution in [1.82, 2.24) is 10.2 Å². The first kappa shape index (κ1) is 18.1. The molecule has 0 aromatic heterocycles. The quantitative estimate of drug-likeness (QED) is 0.833. The highest BCUT2D eigenvalue weighted by Gasteiger charge is 2.23. The van der Waals surface area contributed by atoms with Crippen LogP contribution >= 0.6 is 0 Å². The summed E-state index contributed by atoms with van der Waals surface area (Å²) >= 11 is 0. The second-order valence-electron chi connectivity index (χ2n) is 7.11. The van der Waals surface area contributed by atoms with Crippen molar-refractivity contribution in [2.45, 2.75) is 57.5 Å². The minimum Gasteiger partial charge on any atom is -0.493 e. The van der Waals surface area contributed by atoms with Gasteiger partial charge in [-0.05, 0) is 42.5 Å². The summed E-state index contributed by atoms with van der Waals surface area (Å²) in [4.78, 5) is 14.6. The summed E-state index contributed by atoms with van der Waals surface area (Å²) < 4.78 is 10.8. The highest BCUT2D eigenvalue weighted by atomic mass is 16.5. The van der Waals surface area contributed by atoms with E-state index in [1.165, 1.54) is 44.1 Å². The molecule has 1 aliphatic heterocycles. The molecule has 1 aromatic rings. The van der Waals surface area contributed by atoms with Crippen LogP contribution in [0.25, 0.3) is 0 Å². The molecule has 0 unspecified atom stereocenters. The number of benzene rings is 1. The number of hydrogen-bond donors (Lipinski definition) is 1. The molecule has 0 atom stereocenters. The van der Waals surface area contributed by atoms with Gasteiger partial charge in [-0.3, -0.25) is 4.79 Å². The number of nitrogens with one attached hydrogen (secondary N) is 1. The lowest BCUT2D eigenvalue weighted by molar-refractivity contribution is -0.131. The Hall–Kier alpha value is -1.75. The minimum atomic E-state index is 0.199. The predicted octanol–water partition coefficient (Wildman–Crippen LogP) is 2.90. The smallest absolute Gasteiger partial charge is 0.236 e. The Morgan fingerprint density at radius 3 is 2.36 bits per heavy atom. The second-order valence-corrected chi connectivity index (χ2v) is 7.11. The van der Waals surface area contributed by atoms with E-state index in [0.29, 0.717) is 19.1 Å². The molecule has 25 heavy (non-hydrogen) atoms. The van der Waals surface area contributed by atoms with Crippen LogP contribution < -0.4 is 14.8 Å². The molecule has 1 amide bonds. The molecule has 1 heterocycles. The highest BCUT2D eigenvalue weighted by Crippen LogP contribution is 2.33. The number of rotatable bonds is 5. The molecule has 138 valence electrons. The van der Waals surface area contributed by atoms with Gasteiger partial charge in [0.15, 0.2) is 11.5 Å². The lowest BCUT2D eigenvalue weighted by Gasteiger charge is -2.30. The Balaban J connectivity index is 1.58. The van der Waals surface area contributed by atoms with Crippen molar-refractivity contribution in [3.05, 3.63) is 23.3 Å². The first-order chi connectivity index (χ1) is 12.2. The van der Waals surface area contributed by atoms with Gasteiger partial charge in [-0.2, -0.15) is 0 Å². The Labute approximate surface area is 150 Å². The van der Waals surface area contributed by atoms with Gasteiger partial charge in [0.05, 0.1) is 20.8 Å².